The first-order valence-electron chi connectivity index (χ1n) is 4.72. The van der Waals surface area contributed by atoms with Crippen LogP contribution in [0.3, 0.4) is 0 Å². The van der Waals surface area contributed by atoms with Gasteiger partial charge >= 0.3 is 0 Å². The Bertz CT molecular complexity index is 68.1. The molecule has 59 valence electrons. The first kappa shape index (κ1) is 8.10. The lowest BCUT2D eigenvalue weighted by molar-refractivity contribution is 0.431. The average Bonchev–Trinajstić information content (AvgIpc) is 2.17. The molecule has 10 heavy (non-hydrogen) atoms. The third-order valence-electron chi connectivity index (χ3n) is 2.59. The molecule has 0 aromatic carbocycles. The molecule has 1 aliphatic carbocycles. The molecule has 1 saturated carbocycles. The quantitative estimate of drug-likeness (QED) is 0.513. The Morgan fingerprint density at radius 2 is 1.60 bits per heavy atom. The molecule has 0 atom stereocenters. The Morgan fingerprint density at radius 3 is 2.10 bits per heavy atom. The summed E-state index contributed by atoms with van der Waals surface area (Å²) in [5, 5.41) is 0. The van der Waals surface area contributed by atoms with Gasteiger partial charge in [0.1, 0.15) is 0 Å². The first-order valence-corrected chi connectivity index (χ1v) is 4.72. The molecular formula is C10H19. The molecule has 0 heterocycles. The van der Waals surface area contributed by atoms with Crippen molar-refractivity contribution >= 4 is 0 Å². The van der Waals surface area contributed by atoms with Crippen LogP contribution in [-0.2, 0) is 0 Å². The smallest absolute Gasteiger partial charge is 0.0414 e. The van der Waals surface area contributed by atoms with Gasteiger partial charge in [-0.15, -0.1) is 0 Å². The minimum absolute atomic E-state index is 1.03. The van der Waals surface area contributed by atoms with Crippen LogP contribution < -0.4 is 0 Å². The third-order valence-corrected chi connectivity index (χ3v) is 2.59. The molecule has 0 nitrogen and oxygen atoms in total. The lowest BCUT2D eigenvalue weighted by Crippen LogP contribution is -1.96. The van der Waals surface area contributed by atoms with E-state index in [4.69, 9.17) is 0 Å². The van der Waals surface area contributed by atoms with E-state index in [1.54, 1.807) is 0 Å². The standard InChI is InChI=1S/C10H19/c1-2-7-10-8-5-3-4-6-9-10/h10H,1-9H2. The summed E-state index contributed by atoms with van der Waals surface area (Å²) in [6.07, 6.45) is 11.4. The van der Waals surface area contributed by atoms with Gasteiger partial charge in [0, 0.05) is 0 Å². The molecule has 1 fully saturated rings. The van der Waals surface area contributed by atoms with Gasteiger partial charge in [-0.25, -0.2) is 0 Å². The van der Waals surface area contributed by atoms with Crippen molar-refractivity contribution in [3.05, 3.63) is 6.92 Å². The van der Waals surface area contributed by atoms with E-state index < -0.39 is 0 Å². The molecule has 0 N–H and O–H groups in total. The van der Waals surface area contributed by atoms with Crippen molar-refractivity contribution in [2.45, 2.75) is 51.4 Å². The monoisotopic (exact) mass is 139 g/mol. The SMILES string of the molecule is [CH2]CCC1CCCCCC1. The predicted molar refractivity (Wildman–Crippen MR) is 45.8 cm³/mol. The van der Waals surface area contributed by atoms with Crippen molar-refractivity contribution in [2.75, 3.05) is 0 Å². The van der Waals surface area contributed by atoms with E-state index in [1.807, 2.05) is 0 Å². The molecule has 0 aromatic rings. The maximum atomic E-state index is 3.91. The van der Waals surface area contributed by atoms with E-state index in [2.05, 4.69) is 6.92 Å². The van der Waals surface area contributed by atoms with Gasteiger partial charge in [-0.2, -0.15) is 0 Å². The maximum absolute atomic E-state index is 3.91. The van der Waals surface area contributed by atoms with Gasteiger partial charge in [-0.05, 0) is 5.92 Å². The Hall–Kier alpha value is 0. The first-order chi connectivity index (χ1) is 4.93. The summed E-state index contributed by atoms with van der Waals surface area (Å²) in [5.74, 6) is 1.03. The summed E-state index contributed by atoms with van der Waals surface area (Å²) in [7, 11) is 0. The van der Waals surface area contributed by atoms with Crippen LogP contribution in [0.4, 0.5) is 0 Å². The highest BCUT2D eigenvalue weighted by Crippen LogP contribution is 2.25. The lowest BCUT2D eigenvalue weighted by atomic mass is 9.96. The van der Waals surface area contributed by atoms with Crippen molar-refractivity contribution in [3.8, 4) is 0 Å². The minimum Gasteiger partial charge on any atom is -0.0533 e. The van der Waals surface area contributed by atoms with Crippen molar-refractivity contribution < 1.29 is 0 Å². The molecule has 1 radical (unpaired) electrons. The van der Waals surface area contributed by atoms with E-state index in [-0.39, 0.29) is 0 Å². The lowest BCUT2D eigenvalue weighted by Gasteiger charge is -2.10. The van der Waals surface area contributed by atoms with Crippen molar-refractivity contribution in [2.24, 2.45) is 5.92 Å². The molecule has 0 unspecified atom stereocenters. The van der Waals surface area contributed by atoms with E-state index in [0.29, 0.717) is 0 Å². The Kier molecular flexibility index (Phi) is 3.86. The van der Waals surface area contributed by atoms with Gasteiger partial charge < -0.3 is 0 Å². The largest absolute Gasteiger partial charge is 0.0533 e. The van der Waals surface area contributed by atoms with Crippen LogP contribution in [-0.4, -0.2) is 0 Å². The van der Waals surface area contributed by atoms with Crippen LogP contribution in [0.2, 0.25) is 0 Å². The maximum Gasteiger partial charge on any atom is -0.0414 e. The Balaban J connectivity index is 2.15. The molecule has 0 saturated heterocycles. The molecule has 0 aliphatic heterocycles. The van der Waals surface area contributed by atoms with Crippen molar-refractivity contribution in [3.63, 3.8) is 0 Å². The van der Waals surface area contributed by atoms with Crippen LogP contribution in [0, 0.1) is 12.8 Å². The number of hydrogen-bond donors (Lipinski definition) is 0. The van der Waals surface area contributed by atoms with Crippen LogP contribution in [0.15, 0.2) is 0 Å². The molecule has 0 aromatic heterocycles. The van der Waals surface area contributed by atoms with Crippen LogP contribution in [0.5, 0.6) is 0 Å². The Morgan fingerprint density at radius 1 is 1.00 bits per heavy atom. The molecule has 0 heteroatoms. The zero-order valence-corrected chi connectivity index (χ0v) is 6.94. The number of hydrogen-bond acceptors (Lipinski definition) is 0. The van der Waals surface area contributed by atoms with E-state index >= 15 is 0 Å². The molecule has 0 spiro atoms. The van der Waals surface area contributed by atoms with Crippen molar-refractivity contribution in [1.29, 1.82) is 0 Å². The van der Waals surface area contributed by atoms with Gasteiger partial charge in [0.15, 0.2) is 0 Å². The van der Waals surface area contributed by atoms with Crippen molar-refractivity contribution in [1.82, 2.24) is 0 Å². The van der Waals surface area contributed by atoms with Gasteiger partial charge in [0.25, 0.3) is 0 Å². The Labute approximate surface area is 65.0 Å². The topological polar surface area (TPSA) is 0 Å². The van der Waals surface area contributed by atoms with Gasteiger partial charge in [-0.3, -0.25) is 0 Å². The third kappa shape index (κ3) is 2.72. The van der Waals surface area contributed by atoms with Gasteiger partial charge in [0.05, 0.1) is 0 Å². The fourth-order valence-corrected chi connectivity index (χ4v) is 1.94. The fourth-order valence-electron chi connectivity index (χ4n) is 1.94. The number of rotatable bonds is 2. The summed E-state index contributed by atoms with van der Waals surface area (Å²) < 4.78 is 0. The molecule has 0 amide bonds. The van der Waals surface area contributed by atoms with Gasteiger partial charge in [-0.1, -0.05) is 58.3 Å². The summed E-state index contributed by atoms with van der Waals surface area (Å²) in [4.78, 5) is 0. The molecule has 1 aliphatic rings. The molecule has 0 bridgehead atoms. The fraction of sp³-hybridized carbons (Fsp3) is 0.900. The van der Waals surface area contributed by atoms with Crippen LogP contribution in [0.1, 0.15) is 51.4 Å². The average molecular weight is 139 g/mol. The summed E-state index contributed by atoms with van der Waals surface area (Å²) in [5.41, 5.74) is 0. The van der Waals surface area contributed by atoms with E-state index in [0.717, 1.165) is 12.3 Å². The van der Waals surface area contributed by atoms with E-state index in [1.165, 1.54) is 44.9 Å². The second-order valence-corrected chi connectivity index (χ2v) is 3.50. The summed E-state index contributed by atoms with van der Waals surface area (Å²) in [6.45, 7) is 3.91. The highest BCUT2D eigenvalue weighted by atomic mass is 14.2. The summed E-state index contributed by atoms with van der Waals surface area (Å²) in [6, 6.07) is 0. The second-order valence-electron chi connectivity index (χ2n) is 3.50. The predicted octanol–water partition coefficient (Wildman–Crippen LogP) is 3.57. The van der Waals surface area contributed by atoms with Gasteiger partial charge in [0.2, 0.25) is 0 Å². The highest BCUT2D eigenvalue weighted by molar-refractivity contribution is 4.64. The highest BCUT2D eigenvalue weighted by Gasteiger charge is 2.09. The van der Waals surface area contributed by atoms with Crippen LogP contribution >= 0.6 is 0 Å². The van der Waals surface area contributed by atoms with E-state index in [9.17, 15) is 0 Å². The zero-order valence-electron chi connectivity index (χ0n) is 6.94. The molecular weight excluding hydrogens is 120 g/mol. The van der Waals surface area contributed by atoms with Crippen LogP contribution in [0.25, 0.3) is 0 Å². The summed E-state index contributed by atoms with van der Waals surface area (Å²) >= 11 is 0. The second kappa shape index (κ2) is 4.76. The normalized spacial score (nSPS) is 22.5. The zero-order chi connectivity index (χ0) is 7.23. The minimum atomic E-state index is 1.03. The molecule has 1 rings (SSSR count).